The van der Waals surface area contributed by atoms with Crippen LogP contribution in [0, 0.1) is 17.8 Å². The Hall–Kier alpha value is -0.300. The Morgan fingerprint density at radius 1 is 0.857 bits per heavy atom. The highest BCUT2D eigenvalue weighted by molar-refractivity contribution is 4.91. The van der Waals surface area contributed by atoms with Crippen LogP contribution in [-0.4, -0.2) is 10.7 Å². The van der Waals surface area contributed by atoms with E-state index in [9.17, 15) is 5.11 Å². The number of rotatable bonds is 13. The van der Waals surface area contributed by atoms with E-state index in [0.717, 1.165) is 30.6 Å². The quantitative estimate of drug-likeness (QED) is 0.392. The zero-order valence-electron chi connectivity index (χ0n) is 15.3. The van der Waals surface area contributed by atoms with Crippen molar-refractivity contribution in [3.63, 3.8) is 0 Å². The predicted molar refractivity (Wildman–Crippen MR) is 95.5 cm³/mol. The summed E-state index contributed by atoms with van der Waals surface area (Å²) in [6.45, 7) is 14.9. The van der Waals surface area contributed by atoms with Crippen LogP contribution in [0.3, 0.4) is 0 Å². The van der Waals surface area contributed by atoms with E-state index in [0.29, 0.717) is 0 Å². The molecule has 0 aromatic heterocycles. The average Bonchev–Trinajstić information content (AvgIpc) is 2.38. The lowest BCUT2D eigenvalue weighted by Crippen LogP contribution is -2.20. The molecule has 21 heavy (non-hydrogen) atoms. The van der Waals surface area contributed by atoms with Gasteiger partial charge in [-0.15, -0.1) is 6.58 Å². The van der Waals surface area contributed by atoms with E-state index in [1.165, 1.54) is 44.9 Å². The molecule has 0 amide bonds. The fraction of sp³-hybridized carbons (Fsp3) is 0.900. The second-order valence-corrected chi connectivity index (χ2v) is 7.92. The van der Waals surface area contributed by atoms with Crippen LogP contribution in [0.4, 0.5) is 0 Å². The summed E-state index contributed by atoms with van der Waals surface area (Å²) in [5.41, 5.74) is -0.676. The lowest BCUT2D eigenvalue weighted by molar-refractivity contribution is 0.0974. The zero-order valence-corrected chi connectivity index (χ0v) is 15.3. The monoisotopic (exact) mass is 296 g/mol. The van der Waals surface area contributed by atoms with Gasteiger partial charge in [-0.2, -0.15) is 0 Å². The highest BCUT2D eigenvalue weighted by Gasteiger charge is 2.15. The van der Waals surface area contributed by atoms with Gasteiger partial charge in [0.15, 0.2) is 0 Å². The van der Waals surface area contributed by atoms with Crippen molar-refractivity contribution in [2.75, 3.05) is 0 Å². The van der Waals surface area contributed by atoms with Crippen molar-refractivity contribution >= 4 is 0 Å². The van der Waals surface area contributed by atoms with E-state index >= 15 is 0 Å². The first-order valence-corrected chi connectivity index (χ1v) is 9.12. The molecule has 0 fully saturated rings. The Bertz CT molecular complexity index is 255. The van der Waals surface area contributed by atoms with Gasteiger partial charge in [0.2, 0.25) is 0 Å². The van der Waals surface area contributed by atoms with Crippen LogP contribution in [0.25, 0.3) is 0 Å². The Kier molecular flexibility index (Phi) is 11.1. The first-order chi connectivity index (χ1) is 9.76. The summed E-state index contributed by atoms with van der Waals surface area (Å²) in [5, 5.41) is 9.89. The molecule has 0 aliphatic rings. The predicted octanol–water partition coefficient (Wildman–Crippen LogP) is 6.36. The Morgan fingerprint density at radius 2 is 1.29 bits per heavy atom. The summed E-state index contributed by atoms with van der Waals surface area (Å²) in [7, 11) is 0. The molecule has 0 heterocycles. The van der Waals surface area contributed by atoms with E-state index in [1.807, 2.05) is 6.92 Å². The maximum absolute atomic E-state index is 9.89. The molecule has 0 aromatic rings. The molecule has 0 bridgehead atoms. The second kappa shape index (κ2) is 11.3. The van der Waals surface area contributed by atoms with Crippen molar-refractivity contribution in [1.29, 1.82) is 0 Å². The third kappa shape index (κ3) is 13.1. The number of aliphatic hydroxyl groups is 1. The molecular weight excluding hydrogens is 256 g/mol. The van der Waals surface area contributed by atoms with Gasteiger partial charge in [-0.3, -0.25) is 0 Å². The summed E-state index contributed by atoms with van der Waals surface area (Å²) < 4.78 is 0. The van der Waals surface area contributed by atoms with Gasteiger partial charge in [0.25, 0.3) is 0 Å². The first-order valence-electron chi connectivity index (χ1n) is 9.12. The van der Waals surface area contributed by atoms with E-state index < -0.39 is 5.60 Å². The molecule has 1 unspecified atom stereocenters. The maximum atomic E-state index is 9.89. The normalized spacial score (nSPS) is 17.5. The molecule has 0 aliphatic heterocycles. The van der Waals surface area contributed by atoms with Crippen molar-refractivity contribution in [3.05, 3.63) is 12.7 Å². The number of hydrogen-bond donors (Lipinski definition) is 1. The average molecular weight is 297 g/mol. The third-order valence-electron chi connectivity index (χ3n) is 4.69. The van der Waals surface area contributed by atoms with Gasteiger partial charge in [0.1, 0.15) is 0 Å². The fourth-order valence-electron chi connectivity index (χ4n) is 2.89. The molecule has 0 radical (unpaired) electrons. The van der Waals surface area contributed by atoms with Gasteiger partial charge in [0.05, 0.1) is 5.60 Å². The largest absolute Gasteiger partial charge is 0.386 e. The van der Waals surface area contributed by atoms with E-state index in [-0.39, 0.29) is 0 Å². The molecule has 1 nitrogen and oxygen atoms in total. The maximum Gasteiger partial charge on any atom is 0.0797 e. The minimum Gasteiger partial charge on any atom is -0.386 e. The summed E-state index contributed by atoms with van der Waals surface area (Å²) >= 11 is 0. The number of hydrogen-bond acceptors (Lipinski definition) is 1. The Morgan fingerprint density at radius 3 is 1.71 bits per heavy atom. The van der Waals surface area contributed by atoms with Crippen LogP contribution in [0.5, 0.6) is 0 Å². The standard InChI is InChI=1S/C20H40O/c1-7-20(6,21)16-10-15-19(5)14-9-13-18(4)12-8-11-17(2)3/h7,17-19,21H,1,8-16H2,2-6H3/t18-,19+,20?/m1/s1. The van der Waals surface area contributed by atoms with Gasteiger partial charge in [-0.25, -0.2) is 0 Å². The zero-order chi connectivity index (χ0) is 16.3. The molecule has 0 saturated carbocycles. The van der Waals surface area contributed by atoms with Gasteiger partial charge in [-0.05, 0) is 31.1 Å². The molecular formula is C20H40O. The molecule has 3 atom stereocenters. The molecule has 0 aromatic carbocycles. The van der Waals surface area contributed by atoms with Gasteiger partial charge < -0.3 is 5.11 Å². The Balaban J connectivity index is 3.56. The van der Waals surface area contributed by atoms with Crippen LogP contribution in [0.15, 0.2) is 12.7 Å². The highest BCUT2D eigenvalue weighted by atomic mass is 16.3. The molecule has 126 valence electrons. The van der Waals surface area contributed by atoms with E-state index in [2.05, 4.69) is 34.3 Å². The molecule has 0 rings (SSSR count). The summed E-state index contributed by atoms with van der Waals surface area (Å²) in [5.74, 6) is 2.52. The topological polar surface area (TPSA) is 20.2 Å². The van der Waals surface area contributed by atoms with Crippen LogP contribution in [0.2, 0.25) is 0 Å². The van der Waals surface area contributed by atoms with Crippen molar-refractivity contribution in [2.24, 2.45) is 17.8 Å². The highest BCUT2D eigenvalue weighted by Crippen LogP contribution is 2.23. The molecule has 1 heteroatoms. The Labute approximate surface area is 134 Å². The van der Waals surface area contributed by atoms with Crippen molar-refractivity contribution in [2.45, 2.75) is 98.0 Å². The minimum absolute atomic E-state index is 0.676. The third-order valence-corrected chi connectivity index (χ3v) is 4.69. The summed E-state index contributed by atoms with van der Waals surface area (Å²) in [4.78, 5) is 0. The van der Waals surface area contributed by atoms with E-state index in [1.54, 1.807) is 6.08 Å². The van der Waals surface area contributed by atoms with Crippen LogP contribution in [0.1, 0.15) is 92.4 Å². The second-order valence-electron chi connectivity index (χ2n) is 7.92. The lowest BCUT2D eigenvalue weighted by Gasteiger charge is -2.20. The molecule has 1 N–H and O–H groups in total. The van der Waals surface area contributed by atoms with Gasteiger partial charge >= 0.3 is 0 Å². The van der Waals surface area contributed by atoms with Crippen LogP contribution in [-0.2, 0) is 0 Å². The van der Waals surface area contributed by atoms with Crippen molar-refractivity contribution < 1.29 is 5.11 Å². The van der Waals surface area contributed by atoms with Crippen LogP contribution >= 0.6 is 0 Å². The van der Waals surface area contributed by atoms with Crippen LogP contribution < -0.4 is 0 Å². The summed E-state index contributed by atoms with van der Waals surface area (Å²) in [6, 6.07) is 0. The minimum atomic E-state index is -0.676. The van der Waals surface area contributed by atoms with Gasteiger partial charge in [-0.1, -0.05) is 85.1 Å². The lowest BCUT2D eigenvalue weighted by atomic mass is 9.90. The first kappa shape index (κ1) is 20.7. The summed E-state index contributed by atoms with van der Waals surface area (Å²) in [6.07, 6.45) is 13.1. The fourth-order valence-corrected chi connectivity index (χ4v) is 2.89. The van der Waals surface area contributed by atoms with Crippen molar-refractivity contribution in [3.8, 4) is 0 Å². The van der Waals surface area contributed by atoms with Gasteiger partial charge in [0, 0.05) is 0 Å². The van der Waals surface area contributed by atoms with E-state index in [4.69, 9.17) is 0 Å². The molecule has 0 spiro atoms. The van der Waals surface area contributed by atoms with Crippen molar-refractivity contribution in [1.82, 2.24) is 0 Å². The SMILES string of the molecule is C=CC(C)(O)CCC[C@@H](C)CCC[C@H](C)CCCC(C)C. The smallest absolute Gasteiger partial charge is 0.0797 e. The molecule has 0 saturated heterocycles. The molecule has 0 aliphatic carbocycles.